The molecule has 0 radical (unpaired) electrons. The second kappa shape index (κ2) is 6.22. The third kappa shape index (κ3) is 3.04. The summed E-state index contributed by atoms with van der Waals surface area (Å²) in [5.74, 6) is -0.0436. The van der Waals surface area contributed by atoms with Gasteiger partial charge in [-0.1, -0.05) is 13.3 Å². The number of carbonyl (C=O) groups is 2. The van der Waals surface area contributed by atoms with Crippen LogP contribution in [0.5, 0.6) is 0 Å². The van der Waals surface area contributed by atoms with Crippen molar-refractivity contribution >= 4 is 12.0 Å². The van der Waals surface area contributed by atoms with E-state index in [9.17, 15) is 9.59 Å². The zero-order chi connectivity index (χ0) is 16.4. The number of nitrogens with one attached hydrogen (secondary N) is 1. The summed E-state index contributed by atoms with van der Waals surface area (Å²) in [5, 5.41) is 6.52. The average molecular weight is 320 g/mol. The molecular formula is C16H24N4O3. The molecule has 7 heteroatoms. The van der Waals surface area contributed by atoms with Crippen LogP contribution in [0.2, 0.25) is 0 Å². The van der Waals surface area contributed by atoms with Crippen LogP contribution >= 0.6 is 0 Å². The standard InChI is InChI=1S/C16H24N4O3/c1-3-4-12(2)20-11-16(23-15(20)22)6-9-19(10-7-16)14(21)13-5-8-17-18-13/h5,8,12H,3-4,6-7,9-11H2,1-2H3,(H,17,18)/t12-/m0/s1. The quantitative estimate of drug-likeness (QED) is 0.920. The first-order valence-electron chi connectivity index (χ1n) is 8.33. The van der Waals surface area contributed by atoms with E-state index in [1.54, 1.807) is 17.2 Å². The van der Waals surface area contributed by atoms with Gasteiger partial charge in [-0.3, -0.25) is 9.89 Å². The number of likely N-dealkylation sites (tertiary alicyclic amines) is 1. The lowest BCUT2D eigenvalue weighted by molar-refractivity contribution is 0.00290. The Labute approximate surface area is 136 Å². The molecular weight excluding hydrogens is 296 g/mol. The number of carbonyl (C=O) groups excluding carboxylic acids is 2. The molecule has 2 amide bonds. The number of piperidine rings is 1. The Bertz CT molecular complexity index is 564. The SMILES string of the molecule is CCC[C@H](C)N1CC2(CCN(C(=O)c3ccn[nH]3)CC2)OC1=O. The third-order valence-electron chi connectivity index (χ3n) is 4.93. The minimum Gasteiger partial charge on any atom is -0.441 e. The van der Waals surface area contributed by atoms with E-state index in [0.717, 1.165) is 12.8 Å². The van der Waals surface area contributed by atoms with E-state index in [1.807, 2.05) is 4.90 Å². The number of aromatic nitrogens is 2. The Balaban J connectivity index is 1.60. The van der Waals surface area contributed by atoms with Gasteiger partial charge in [0, 0.05) is 38.2 Å². The summed E-state index contributed by atoms with van der Waals surface area (Å²) in [4.78, 5) is 28.1. The predicted molar refractivity (Wildman–Crippen MR) is 84.0 cm³/mol. The second-order valence-corrected chi connectivity index (χ2v) is 6.58. The topological polar surface area (TPSA) is 78.5 Å². The van der Waals surface area contributed by atoms with Crippen LogP contribution in [-0.4, -0.2) is 63.3 Å². The first-order chi connectivity index (χ1) is 11.0. The first kappa shape index (κ1) is 15.8. The van der Waals surface area contributed by atoms with Crippen LogP contribution in [0.1, 0.15) is 50.0 Å². The highest BCUT2D eigenvalue weighted by atomic mass is 16.6. The molecule has 0 saturated carbocycles. The highest BCUT2D eigenvalue weighted by Gasteiger charge is 2.48. The molecule has 3 rings (SSSR count). The number of hydrogen-bond acceptors (Lipinski definition) is 4. The van der Waals surface area contributed by atoms with E-state index in [1.165, 1.54) is 0 Å². The van der Waals surface area contributed by atoms with Crippen molar-refractivity contribution in [3.8, 4) is 0 Å². The van der Waals surface area contributed by atoms with Gasteiger partial charge in [-0.25, -0.2) is 4.79 Å². The van der Waals surface area contributed by atoms with Crippen LogP contribution in [0, 0.1) is 0 Å². The van der Waals surface area contributed by atoms with Gasteiger partial charge in [-0.05, 0) is 19.4 Å². The molecule has 2 aliphatic heterocycles. The van der Waals surface area contributed by atoms with Crippen molar-refractivity contribution in [2.75, 3.05) is 19.6 Å². The molecule has 126 valence electrons. The van der Waals surface area contributed by atoms with Gasteiger partial charge < -0.3 is 14.5 Å². The fourth-order valence-corrected chi connectivity index (χ4v) is 3.48. The lowest BCUT2D eigenvalue weighted by atomic mass is 9.90. The lowest BCUT2D eigenvalue weighted by Gasteiger charge is -2.37. The Morgan fingerprint density at radius 2 is 2.22 bits per heavy atom. The highest BCUT2D eigenvalue weighted by molar-refractivity contribution is 5.92. The number of amides is 2. The molecule has 2 fully saturated rings. The minimum absolute atomic E-state index is 0.0436. The maximum atomic E-state index is 12.3. The van der Waals surface area contributed by atoms with Crippen molar-refractivity contribution in [3.05, 3.63) is 18.0 Å². The summed E-state index contributed by atoms with van der Waals surface area (Å²) in [6.07, 6.45) is 4.77. The lowest BCUT2D eigenvalue weighted by Crippen LogP contribution is -2.49. The number of ether oxygens (including phenoxy) is 1. The van der Waals surface area contributed by atoms with Gasteiger partial charge in [0.05, 0.1) is 6.54 Å². The summed E-state index contributed by atoms with van der Waals surface area (Å²) in [6, 6.07) is 1.88. The number of H-pyrrole nitrogens is 1. The van der Waals surface area contributed by atoms with Crippen molar-refractivity contribution in [2.45, 2.75) is 51.2 Å². The van der Waals surface area contributed by atoms with Crippen molar-refractivity contribution in [1.82, 2.24) is 20.0 Å². The first-order valence-corrected chi connectivity index (χ1v) is 8.33. The van der Waals surface area contributed by atoms with Crippen molar-refractivity contribution in [3.63, 3.8) is 0 Å². The van der Waals surface area contributed by atoms with E-state index in [-0.39, 0.29) is 18.0 Å². The Morgan fingerprint density at radius 3 is 2.83 bits per heavy atom. The summed E-state index contributed by atoms with van der Waals surface area (Å²) >= 11 is 0. The fourth-order valence-electron chi connectivity index (χ4n) is 3.48. The molecule has 3 heterocycles. The van der Waals surface area contributed by atoms with Gasteiger partial charge in [0.1, 0.15) is 11.3 Å². The van der Waals surface area contributed by atoms with E-state index in [2.05, 4.69) is 24.0 Å². The number of aromatic amines is 1. The largest absolute Gasteiger partial charge is 0.441 e. The van der Waals surface area contributed by atoms with Crippen LogP contribution in [0.3, 0.4) is 0 Å². The third-order valence-corrected chi connectivity index (χ3v) is 4.93. The Kier molecular flexibility index (Phi) is 4.28. The van der Waals surface area contributed by atoms with Gasteiger partial charge >= 0.3 is 6.09 Å². The van der Waals surface area contributed by atoms with Crippen LogP contribution in [-0.2, 0) is 4.74 Å². The molecule has 1 aromatic heterocycles. The zero-order valence-corrected chi connectivity index (χ0v) is 13.7. The molecule has 1 spiro atoms. The van der Waals surface area contributed by atoms with E-state index < -0.39 is 5.60 Å². The molecule has 0 bridgehead atoms. The molecule has 0 aliphatic carbocycles. The normalized spacial score (nSPS) is 21.6. The van der Waals surface area contributed by atoms with Crippen molar-refractivity contribution < 1.29 is 14.3 Å². The molecule has 23 heavy (non-hydrogen) atoms. The summed E-state index contributed by atoms with van der Waals surface area (Å²) in [7, 11) is 0. The molecule has 2 aliphatic rings. The minimum atomic E-state index is -0.427. The molecule has 7 nitrogen and oxygen atoms in total. The predicted octanol–water partition coefficient (Wildman–Crippen LogP) is 2.03. The molecule has 0 aromatic carbocycles. The van der Waals surface area contributed by atoms with Gasteiger partial charge in [-0.2, -0.15) is 5.10 Å². The summed E-state index contributed by atoms with van der Waals surface area (Å²) < 4.78 is 5.72. The van der Waals surface area contributed by atoms with E-state index in [0.29, 0.717) is 38.2 Å². The molecule has 1 aromatic rings. The average Bonchev–Trinajstić information content (AvgIpc) is 3.16. The summed E-state index contributed by atoms with van der Waals surface area (Å²) in [6.45, 7) is 6.02. The number of rotatable bonds is 4. The van der Waals surface area contributed by atoms with Crippen molar-refractivity contribution in [2.24, 2.45) is 0 Å². The van der Waals surface area contributed by atoms with Crippen LogP contribution in [0.25, 0.3) is 0 Å². The Morgan fingerprint density at radius 1 is 1.48 bits per heavy atom. The van der Waals surface area contributed by atoms with Gasteiger partial charge in [-0.15, -0.1) is 0 Å². The zero-order valence-electron chi connectivity index (χ0n) is 13.7. The molecule has 1 atom stereocenters. The van der Waals surface area contributed by atoms with Crippen molar-refractivity contribution in [1.29, 1.82) is 0 Å². The maximum Gasteiger partial charge on any atom is 0.410 e. The maximum absolute atomic E-state index is 12.3. The molecule has 0 unspecified atom stereocenters. The highest BCUT2D eigenvalue weighted by Crippen LogP contribution is 2.35. The smallest absolute Gasteiger partial charge is 0.410 e. The van der Waals surface area contributed by atoms with E-state index in [4.69, 9.17) is 4.74 Å². The van der Waals surface area contributed by atoms with Gasteiger partial charge in [0.25, 0.3) is 5.91 Å². The van der Waals surface area contributed by atoms with E-state index >= 15 is 0 Å². The number of hydrogen-bond donors (Lipinski definition) is 1. The monoisotopic (exact) mass is 320 g/mol. The van der Waals surface area contributed by atoms with Gasteiger partial charge in [0.15, 0.2) is 0 Å². The van der Waals surface area contributed by atoms with Crippen LogP contribution in [0.4, 0.5) is 4.79 Å². The Hall–Kier alpha value is -2.05. The fraction of sp³-hybridized carbons (Fsp3) is 0.688. The number of nitrogens with zero attached hydrogens (tertiary/aromatic N) is 3. The van der Waals surface area contributed by atoms with Gasteiger partial charge in [0.2, 0.25) is 0 Å². The van der Waals surface area contributed by atoms with Crippen LogP contribution < -0.4 is 0 Å². The summed E-state index contributed by atoms with van der Waals surface area (Å²) in [5.41, 5.74) is 0.0756. The second-order valence-electron chi connectivity index (χ2n) is 6.58. The van der Waals surface area contributed by atoms with Crippen LogP contribution in [0.15, 0.2) is 12.3 Å². The molecule has 2 saturated heterocycles. The molecule has 1 N–H and O–H groups in total.